The van der Waals surface area contributed by atoms with E-state index in [-0.39, 0.29) is 5.78 Å². The topological polar surface area (TPSA) is 20.3 Å². The second kappa shape index (κ2) is 6.53. The number of ketones is 1. The zero-order valence-corrected chi connectivity index (χ0v) is 13.3. The summed E-state index contributed by atoms with van der Waals surface area (Å²) in [5, 5.41) is 0. The summed E-state index contributed by atoms with van der Waals surface area (Å²) in [6.07, 6.45) is 5.05. The summed E-state index contributed by atoms with van der Waals surface area (Å²) in [7, 11) is 0. The van der Waals surface area contributed by atoms with Crippen LogP contribution in [0.15, 0.2) is 12.1 Å². The number of Topliss-reactive ketones (excluding diaryl/α,β-unsaturated/α-hetero) is 1. The molecule has 1 aliphatic heterocycles. The zero-order valence-electron chi connectivity index (χ0n) is 13.3. The van der Waals surface area contributed by atoms with Crippen molar-refractivity contribution in [3.05, 3.63) is 34.4 Å². The van der Waals surface area contributed by atoms with Gasteiger partial charge in [-0.25, -0.2) is 0 Å². The highest BCUT2D eigenvalue weighted by atomic mass is 16.1. The molecule has 1 unspecified atom stereocenters. The molecule has 110 valence electrons. The van der Waals surface area contributed by atoms with Crippen molar-refractivity contribution in [2.75, 3.05) is 13.1 Å². The van der Waals surface area contributed by atoms with Crippen LogP contribution in [0.3, 0.4) is 0 Å². The molecule has 1 heterocycles. The number of hydrogen-bond donors (Lipinski definition) is 0. The lowest BCUT2D eigenvalue weighted by atomic mass is 9.97. The van der Waals surface area contributed by atoms with Crippen LogP contribution in [0.5, 0.6) is 0 Å². The van der Waals surface area contributed by atoms with Crippen molar-refractivity contribution in [3.63, 3.8) is 0 Å². The van der Waals surface area contributed by atoms with E-state index in [0.717, 1.165) is 17.7 Å². The second-order valence-electron chi connectivity index (χ2n) is 6.34. The third kappa shape index (κ3) is 3.49. The number of likely N-dealkylation sites (tertiary alicyclic amines) is 1. The lowest BCUT2D eigenvalue weighted by Crippen LogP contribution is -2.37. The van der Waals surface area contributed by atoms with Crippen LogP contribution in [0.25, 0.3) is 0 Å². The van der Waals surface area contributed by atoms with Crippen molar-refractivity contribution in [2.45, 2.75) is 59.4 Å². The van der Waals surface area contributed by atoms with E-state index >= 15 is 0 Å². The molecule has 0 spiro atoms. The Morgan fingerprint density at radius 3 is 2.55 bits per heavy atom. The minimum Gasteiger partial charge on any atom is -0.293 e. The molecular formula is C18H27NO. The summed E-state index contributed by atoms with van der Waals surface area (Å²) in [5.41, 5.74) is 4.50. The Bertz CT molecular complexity index is 492. The number of hydrogen-bond acceptors (Lipinski definition) is 2. The Balaban J connectivity index is 2.13. The molecule has 0 saturated carbocycles. The van der Waals surface area contributed by atoms with Gasteiger partial charge >= 0.3 is 0 Å². The molecule has 1 atom stereocenters. The lowest BCUT2D eigenvalue weighted by Gasteiger charge is -2.26. The maximum absolute atomic E-state index is 12.6. The van der Waals surface area contributed by atoms with E-state index in [9.17, 15) is 4.79 Å². The Morgan fingerprint density at radius 2 is 1.80 bits per heavy atom. The maximum Gasteiger partial charge on any atom is 0.177 e. The monoisotopic (exact) mass is 273 g/mol. The minimum absolute atomic E-state index is 0.277. The fourth-order valence-electron chi connectivity index (χ4n) is 3.10. The van der Waals surface area contributed by atoms with Crippen LogP contribution in [0.1, 0.15) is 59.7 Å². The number of nitrogens with zero attached hydrogens (tertiary/aromatic N) is 1. The van der Waals surface area contributed by atoms with Gasteiger partial charge in [-0.3, -0.25) is 9.69 Å². The Labute approximate surface area is 123 Å². The molecule has 0 aromatic heterocycles. The van der Waals surface area contributed by atoms with Crippen LogP contribution in [0, 0.1) is 20.8 Å². The highest BCUT2D eigenvalue weighted by Crippen LogP contribution is 2.19. The third-order valence-corrected chi connectivity index (χ3v) is 4.68. The predicted octanol–water partition coefficient (Wildman–Crippen LogP) is 4.06. The van der Waals surface area contributed by atoms with E-state index in [1.54, 1.807) is 0 Å². The molecule has 1 aromatic carbocycles. The fourth-order valence-corrected chi connectivity index (χ4v) is 3.10. The van der Waals surface area contributed by atoms with Crippen LogP contribution in [-0.2, 0) is 0 Å². The first-order valence-corrected chi connectivity index (χ1v) is 7.84. The lowest BCUT2D eigenvalue weighted by molar-refractivity contribution is 0.0901. The van der Waals surface area contributed by atoms with Crippen molar-refractivity contribution in [1.82, 2.24) is 4.90 Å². The molecule has 20 heavy (non-hydrogen) atoms. The molecule has 1 aromatic rings. The van der Waals surface area contributed by atoms with E-state index in [1.807, 2.05) is 6.92 Å². The van der Waals surface area contributed by atoms with Gasteiger partial charge in [-0.2, -0.15) is 0 Å². The van der Waals surface area contributed by atoms with Crippen molar-refractivity contribution < 1.29 is 4.79 Å². The number of aryl methyl sites for hydroxylation is 3. The first-order chi connectivity index (χ1) is 9.49. The standard InChI is InChI=1S/C18H27NO/c1-13-10-15(3)17(11-14(13)2)18(20)12-19-9-7-5-6-8-16(19)4/h10-11,16H,5-9,12H2,1-4H3. The van der Waals surface area contributed by atoms with E-state index in [1.165, 1.54) is 36.8 Å². The average molecular weight is 273 g/mol. The zero-order chi connectivity index (χ0) is 14.7. The molecule has 1 aliphatic rings. The van der Waals surface area contributed by atoms with E-state index in [0.29, 0.717) is 12.6 Å². The van der Waals surface area contributed by atoms with Gasteiger partial charge in [0.15, 0.2) is 5.78 Å². The molecule has 2 nitrogen and oxygen atoms in total. The summed E-state index contributed by atoms with van der Waals surface area (Å²) < 4.78 is 0. The molecule has 1 fully saturated rings. The Morgan fingerprint density at radius 1 is 1.10 bits per heavy atom. The van der Waals surface area contributed by atoms with Crippen molar-refractivity contribution in [2.24, 2.45) is 0 Å². The van der Waals surface area contributed by atoms with Gasteiger partial charge < -0.3 is 0 Å². The van der Waals surface area contributed by atoms with E-state index in [4.69, 9.17) is 0 Å². The highest BCUT2D eigenvalue weighted by molar-refractivity contribution is 5.99. The van der Waals surface area contributed by atoms with Crippen LogP contribution in [0.2, 0.25) is 0 Å². The largest absolute Gasteiger partial charge is 0.293 e. The van der Waals surface area contributed by atoms with Crippen LogP contribution >= 0.6 is 0 Å². The third-order valence-electron chi connectivity index (χ3n) is 4.68. The normalized spacial score (nSPS) is 20.7. The number of rotatable bonds is 3. The first kappa shape index (κ1) is 15.2. The second-order valence-corrected chi connectivity index (χ2v) is 6.34. The number of carbonyl (C=O) groups is 1. The minimum atomic E-state index is 0.277. The van der Waals surface area contributed by atoms with Crippen LogP contribution < -0.4 is 0 Å². The quantitative estimate of drug-likeness (QED) is 0.774. The maximum atomic E-state index is 12.6. The van der Waals surface area contributed by atoms with E-state index in [2.05, 4.69) is 37.8 Å². The summed E-state index contributed by atoms with van der Waals surface area (Å²) in [4.78, 5) is 15.0. The van der Waals surface area contributed by atoms with Gasteiger partial charge in [0, 0.05) is 11.6 Å². The van der Waals surface area contributed by atoms with Crippen molar-refractivity contribution in [3.8, 4) is 0 Å². The summed E-state index contributed by atoms with van der Waals surface area (Å²) >= 11 is 0. The van der Waals surface area contributed by atoms with Gasteiger partial charge in [0.1, 0.15) is 0 Å². The van der Waals surface area contributed by atoms with Crippen LogP contribution in [0.4, 0.5) is 0 Å². The van der Waals surface area contributed by atoms with Gasteiger partial charge in [-0.15, -0.1) is 0 Å². The van der Waals surface area contributed by atoms with Crippen molar-refractivity contribution >= 4 is 5.78 Å². The highest BCUT2D eigenvalue weighted by Gasteiger charge is 2.21. The van der Waals surface area contributed by atoms with Gasteiger partial charge in [0.2, 0.25) is 0 Å². The molecular weight excluding hydrogens is 246 g/mol. The smallest absolute Gasteiger partial charge is 0.177 e. The molecule has 0 bridgehead atoms. The summed E-state index contributed by atoms with van der Waals surface area (Å²) in [5.74, 6) is 0.277. The van der Waals surface area contributed by atoms with Gasteiger partial charge in [0.25, 0.3) is 0 Å². The summed E-state index contributed by atoms with van der Waals surface area (Å²) in [6, 6.07) is 4.73. The number of carbonyl (C=O) groups excluding carboxylic acids is 1. The first-order valence-electron chi connectivity index (χ1n) is 7.84. The Kier molecular flexibility index (Phi) is 4.98. The summed E-state index contributed by atoms with van der Waals surface area (Å²) in [6.45, 7) is 10.1. The molecule has 2 heteroatoms. The van der Waals surface area contributed by atoms with Crippen molar-refractivity contribution in [1.29, 1.82) is 0 Å². The van der Waals surface area contributed by atoms with Crippen LogP contribution in [-0.4, -0.2) is 29.8 Å². The number of benzene rings is 1. The van der Waals surface area contributed by atoms with Gasteiger partial charge in [-0.1, -0.05) is 18.9 Å². The Hall–Kier alpha value is -1.15. The fraction of sp³-hybridized carbons (Fsp3) is 0.611. The molecule has 1 saturated heterocycles. The van der Waals surface area contributed by atoms with Gasteiger partial charge in [0.05, 0.1) is 6.54 Å². The molecule has 2 rings (SSSR count). The van der Waals surface area contributed by atoms with E-state index < -0.39 is 0 Å². The molecule has 0 radical (unpaired) electrons. The molecule has 0 aliphatic carbocycles. The average Bonchev–Trinajstić information content (AvgIpc) is 2.59. The van der Waals surface area contributed by atoms with Gasteiger partial charge in [-0.05, 0) is 69.8 Å². The SMILES string of the molecule is Cc1cc(C)c(C(=O)CN2CCCCCC2C)cc1C. The molecule has 0 N–H and O–H groups in total. The predicted molar refractivity (Wildman–Crippen MR) is 84.5 cm³/mol. The molecule has 0 amide bonds.